The molecule has 8 heteroatoms. The number of hydrogen-bond donors (Lipinski definition) is 3. The molecule has 0 fully saturated rings. The number of alkyl halides is 1. The van der Waals surface area contributed by atoms with E-state index in [1.807, 2.05) is 84.9 Å². The molecule has 5 nitrogen and oxygen atoms in total. The Labute approximate surface area is 253 Å². The van der Waals surface area contributed by atoms with Crippen LogP contribution in [0.1, 0.15) is 26.4 Å². The number of anilines is 1. The number of nitrogens with two attached hydrogens (primary N) is 3. The molecular formula is C32H31BrN4OS2. The maximum Gasteiger partial charge on any atom is 0.180 e. The smallest absolute Gasteiger partial charge is 0.180 e. The van der Waals surface area contributed by atoms with Crippen LogP contribution in [0.5, 0.6) is 0 Å². The molecule has 4 aromatic carbocycles. The predicted molar refractivity (Wildman–Crippen MR) is 176 cm³/mol. The molecule has 40 heavy (non-hydrogen) atoms. The summed E-state index contributed by atoms with van der Waals surface area (Å²) < 4.78 is 0. The minimum Gasteiger partial charge on any atom is -0.377 e. The lowest BCUT2D eigenvalue weighted by atomic mass is 10.0. The summed E-state index contributed by atoms with van der Waals surface area (Å²) in [5.74, 6) is 0.134. The number of thiazole rings is 1. The molecule has 6 N–H and O–H groups in total. The lowest BCUT2D eigenvalue weighted by Gasteiger charge is -2.08. The Morgan fingerprint density at radius 3 is 1.75 bits per heavy atom. The minimum atomic E-state index is -0.160. The van der Waals surface area contributed by atoms with Gasteiger partial charge in [-0.15, -0.1) is 11.3 Å². The van der Waals surface area contributed by atoms with Crippen molar-refractivity contribution in [3.05, 3.63) is 143 Å². The third-order valence-electron chi connectivity index (χ3n) is 5.57. The second-order valence-corrected chi connectivity index (χ2v) is 11.3. The molecule has 0 aliphatic carbocycles. The molecule has 0 saturated heterocycles. The van der Waals surface area contributed by atoms with Gasteiger partial charge in [0.15, 0.2) is 16.0 Å². The first-order valence-corrected chi connectivity index (χ1v) is 14.6. The predicted octanol–water partition coefficient (Wildman–Crippen LogP) is 7.05. The summed E-state index contributed by atoms with van der Waals surface area (Å²) in [6, 6.07) is 40.0. The van der Waals surface area contributed by atoms with E-state index in [0.29, 0.717) is 11.6 Å². The van der Waals surface area contributed by atoms with Gasteiger partial charge in [0, 0.05) is 22.4 Å². The average Bonchev–Trinajstić information content (AvgIpc) is 3.34. The second kappa shape index (κ2) is 16.3. The van der Waals surface area contributed by atoms with Gasteiger partial charge >= 0.3 is 0 Å². The zero-order valence-corrected chi connectivity index (χ0v) is 25.0. The molecule has 5 rings (SSSR count). The Bertz CT molecular complexity index is 1460. The van der Waals surface area contributed by atoms with Gasteiger partial charge in [-0.25, -0.2) is 4.98 Å². The Hall–Kier alpha value is -3.85. The topological polar surface area (TPSA) is 108 Å². The van der Waals surface area contributed by atoms with E-state index in [2.05, 4.69) is 81.0 Å². The van der Waals surface area contributed by atoms with E-state index in [0.717, 1.165) is 23.2 Å². The second-order valence-electron chi connectivity index (χ2n) is 8.64. The van der Waals surface area contributed by atoms with Crippen molar-refractivity contribution < 1.29 is 4.79 Å². The first kappa shape index (κ1) is 30.7. The van der Waals surface area contributed by atoms with Crippen molar-refractivity contribution >= 4 is 55.5 Å². The molecule has 1 atom stereocenters. The summed E-state index contributed by atoms with van der Waals surface area (Å²) in [6.45, 7) is 0. The van der Waals surface area contributed by atoms with Gasteiger partial charge in [0.2, 0.25) is 0 Å². The number of carbonyl (C=O) groups excluding carboxylic acids is 1. The number of nitrogen functional groups attached to an aromatic ring is 1. The monoisotopic (exact) mass is 630 g/mol. The number of ketones is 1. The number of aromatic nitrogens is 1. The van der Waals surface area contributed by atoms with E-state index in [1.165, 1.54) is 16.0 Å². The van der Waals surface area contributed by atoms with Gasteiger partial charge in [0.25, 0.3) is 0 Å². The molecule has 0 saturated carbocycles. The summed E-state index contributed by atoms with van der Waals surface area (Å²) in [5.41, 5.74) is 20.5. The molecular weight excluding hydrogens is 600 g/mol. The maximum absolute atomic E-state index is 12.1. The zero-order chi connectivity index (χ0) is 28.7. The number of halogens is 1. The average molecular weight is 632 g/mol. The molecule has 0 aliphatic heterocycles. The van der Waals surface area contributed by atoms with Crippen molar-refractivity contribution in [3.8, 4) is 11.3 Å². The molecule has 0 bridgehead atoms. The molecule has 0 radical (unpaired) electrons. The normalized spacial score (nSPS) is 10.7. The highest BCUT2D eigenvalue weighted by molar-refractivity contribution is 9.10. The number of carbonyl (C=O) groups is 1. The quantitative estimate of drug-likeness (QED) is 0.101. The Morgan fingerprint density at radius 1 is 0.775 bits per heavy atom. The van der Waals surface area contributed by atoms with Gasteiger partial charge in [-0.2, -0.15) is 0 Å². The fraction of sp³-hybridized carbons (Fsp3) is 0.0938. The largest absolute Gasteiger partial charge is 0.377 e. The third kappa shape index (κ3) is 10.4. The van der Waals surface area contributed by atoms with Gasteiger partial charge in [-0.05, 0) is 29.8 Å². The maximum atomic E-state index is 12.1. The van der Waals surface area contributed by atoms with Gasteiger partial charge < -0.3 is 17.2 Å². The van der Waals surface area contributed by atoms with E-state index >= 15 is 0 Å². The lowest BCUT2D eigenvalue weighted by molar-refractivity contribution is 0.0991. The van der Waals surface area contributed by atoms with E-state index in [-0.39, 0.29) is 15.7 Å². The van der Waals surface area contributed by atoms with E-state index in [1.54, 1.807) is 11.3 Å². The van der Waals surface area contributed by atoms with Crippen molar-refractivity contribution in [2.45, 2.75) is 17.7 Å². The van der Waals surface area contributed by atoms with Crippen LogP contribution < -0.4 is 17.2 Å². The number of thiocarbonyl (C=S) groups is 1. The highest BCUT2D eigenvalue weighted by atomic mass is 79.9. The molecule has 1 heterocycles. The van der Waals surface area contributed by atoms with Gasteiger partial charge in [-0.3, -0.25) is 4.79 Å². The van der Waals surface area contributed by atoms with Gasteiger partial charge in [0.05, 0.1) is 10.5 Å². The van der Waals surface area contributed by atoms with Crippen LogP contribution >= 0.6 is 39.5 Å². The first-order chi connectivity index (χ1) is 19.3. The number of hydrogen-bond acceptors (Lipinski definition) is 5. The van der Waals surface area contributed by atoms with E-state index < -0.39 is 0 Å². The summed E-state index contributed by atoms with van der Waals surface area (Å²) >= 11 is 9.13. The standard InChI is InChI=1S/C16H14N2S.C15H13BrO.CH4N2S/c17-16-18-15(13-9-5-2-6-10-13)14(19-16)11-12-7-3-1-4-8-12;16-14(11-12-7-3-1-4-8-12)15(17)13-9-5-2-6-10-13;2-1(3)4/h1-10H,11H2,(H2,17,18);1-10,14H,11H2;(H4,2,3,4). The van der Waals surface area contributed by atoms with Crippen LogP contribution in [0.4, 0.5) is 5.13 Å². The molecule has 1 aromatic heterocycles. The highest BCUT2D eigenvalue weighted by Gasteiger charge is 2.16. The fourth-order valence-corrected chi connectivity index (χ4v) is 5.32. The zero-order valence-electron chi connectivity index (χ0n) is 21.8. The van der Waals surface area contributed by atoms with Crippen LogP contribution in [0, 0.1) is 0 Å². The molecule has 0 amide bonds. The number of Topliss-reactive ketones (excluding diaryl/α,β-unsaturated/α-hetero) is 1. The van der Waals surface area contributed by atoms with Crippen LogP contribution in [-0.4, -0.2) is 20.7 Å². The summed E-state index contributed by atoms with van der Waals surface area (Å²) in [7, 11) is 0. The van der Waals surface area contributed by atoms with Crippen molar-refractivity contribution in [2.75, 3.05) is 5.73 Å². The Kier molecular flexibility index (Phi) is 12.5. The lowest BCUT2D eigenvalue weighted by Crippen LogP contribution is -2.18. The minimum absolute atomic E-state index is 0.000000000000000222. The van der Waals surface area contributed by atoms with Crippen molar-refractivity contribution in [2.24, 2.45) is 11.5 Å². The van der Waals surface area contributed by atoms with Crippen LogP contribution in [0.15, 0.2) is 121 Å². The van der Waals surface area contributed by atoms with Crippen molar-refractivity contribution in [1.82, 2.24) is 4.98 Å². The Balaban J connectivity index is 0.000000196. The van der Waals surface area contributed by atoms with Crippen LogP contribution in [-0.2, 0) is 12.8 Å². The van der Waals surface area contributed by atoms with Gasteiger partial charge in [0.1, 0.15) is 0 Å². The summed E-state index contributed by atoms with van der Waals surface area (Å²) in [6.07, 6.45) is 1.59. The third-order valence-corrected chi connectivity index (χ3v) is 7.19. The van der Waals surface area contributed by atoms with E-state index in [4.69, 9.17) is 5.73 Å². The van der Waals surface area contributed by atoms with E-state index in [9.17, 15) is 4.79 Å². The van der Waals surface area contributed by atoms with Crippen LogP contribution in [0.3, 0.4) is 0 Å². The Morgan fingerprint density at radius 2 is 1.23 bits per heavy atom. The first-order valence-electron chi connectivity index (χ1n) is 12.5. The SMILES string of the molecule is NC(N)=S.Nc1nc(-c2ccccc2)c(Cc2ccccc2)s1.O=C(c1ccccc1)C(Br)Cc1ccccc1. The summed E-state index contributed by atoms with van der Waals surface area (Å²) in [5, 5.41) is 0.629. The molecule has 0 spiro atoms. The number of nitrogens with zero attached hydrogens (tertiary/aromatic N) is 1. The number of benzene rings is 4. The summed E-state index contributed by atoms with van der Waals surface area (Å²) in [4.78, 5) is 17.6. The highest BCUT2D eigenvalue weighted by Crippen LogP contribution is 2.31. The van der Waals surface area contributed by atoms with Crippen LogP contribution in [0.25, 0.3) is 11.3 Å². The van der Waals surface area contributed by atoms with Gasteiger partial charge in [-0.1, -0.05) is 137 Å². The fourth-order valence-electron chi connectivity index (χ4n) is 3.79. The molecule has 0 aliphatic rings. The number of rotatable bonds is 7. The van der Waals surface area contributed by atoms with Crippen molar-refractivity contribution in [1.29, 1.82) is 0 Å². The molecule has 204 valence electrons. The van der Waals surface area contributed by atoms with Crippen LogP contribution in [0.2, 0.25) is 0 Å². The molecule has 1 unspecified atom stereocenters. The molecule has 5 aromatic rings. The van der Waals surface area contributed by atoms with Crippen molar-refractivity contribution in [3.63, 3.8) is 0 Å².